The van der Waals surface area contributed by atoms with Crippen LogP contribution in [-0.4, -0.2) is 78.7 Å². The average Bonchev–Trinajstić information content (AvgIpc) is 3.28. The van der Waals surface area contributed by atoms with Gasteiger partial charge >= 0.3 is 6.09 Å². The summed E-state index contributed by atoms with van der Waals surface area (Å²) in [7, 11) is 0. The highest BCUT2D eigenvalue weighted by Crippen LogP contribution is 2.20. The van der Waals surface area contributed by atoms with Gasteiger partial charge in [-0.3, -0.25) is 9.59 Å². The lowest BCUT2D eigenvalue weighted by atomic mass is 9.99. The second-order valence-corrected chi connectivity index (χ2v) is 9.56. The Labute approximate surface area is 189 Å². The van der Waals surface area contributed by atoms with E-state index in [4.69, 9.17) is 13.9 Å². The molecule has 0 saturated carbocycles. The zero-order chi connectivity index (χ0) is 23.1. The third kappa shape index (κ3) is 7.25. The molecule has 3 amide bonds. The van der Waals surface area contributed by atoms with Crippen molar-refractivity contribution in [2.24, 2.45) is 5.92 Å². The standard InChI is InChI=1S/C23H35N3O6/c1-23(2,3)32-22(29)26-10-4-6-17(14-26)15-30-16-20(27)24-18-8-11-25(12-9-18)21(28)19-7-5-13-31-19/h5,7,13,17-18H,4,6,8-12,14-16H2,1-3H3,(H,24,27)/t17-/m0/s1. The summed E-state index contributed by atoms with van der Waals surface area (Å²) in [5.74, 6) is 0.269. The molecule has 9 nitrogen and oxygen atoms in total. The van der Waals surface area contributed by atoms with Crippen LogP contribution >= 0.6 is 0 Å². The number of rotatable bonds is 6. The Balaban J connectivity index is 1.32. The van der Waals surface area contributed by atoms with Crippen molar-refractivity contribution in [2.45, 2.75) is 58.1 Å². The van der Waals surface area contributed by atoms with E-state index in [1.807, 2.05) is 20.8 Å². The van der Waals surface area contributed by atoms with E-state index in [0.29, 0.717) is 51.4 Å². The molecule has 0 spiro atoms. The van der Waals surface area contributed by atoms with E-state index in [1.165, 1.54) is 6.26 Å². The molecular formula is C23H35N3O6. The summed E-state index contributed by atoms with van der Waals surface area (Å²) in [5, 5.41) is 2.99. The van der Waals surface area contributed by atoms with E-state index in [9.17, 15) is 14.4 Å². The SMILES string of the molecule is CC(C)(C)OC(=O)N1CCC[C@H](COCC(=O)NC2CCN(C(=O)c3ccco3)CC2)C1. The van der Waals surface area contributed by atoms with Crippen molar-refractivity contribution < 1.29 is 28.3 Å². The van der Waals surface area contributed by atoms with Gasteiger partial charge in [0.25, 0.3) is 5.91 Å². The molecule has 2 aliphatic heterocycles. The van der Waals surface area contributed by atoms with Crippen molar-refractivity contribution in [3.8, 4) is 0 Å². The van der Waals surface area contributed by atoms with Gasteiger partial charge in [-0.25, -0.2) is 4.79 Å². The molecule has 178 valence electrons. The zero-order valence-corrected chi connectivity index (χ0v) is 19.3. The zero-order valence-electron chi connectivity index (χ0n) is 19.3. The Morgan fingerprint density at radius 1 is 1.12 bits per heavy atom. The molecule has 1 aromatic heterocycles. The number of hydrogen-bond donors (Lipinski definition) is 1. The highest BCUT2D eigenvalue weighted by Gasteiger charge is 2.28. The van der Waals surface area contributed by atoms with Crippen molar-refractivity contribution >= 4 is 17.9 Å². The van der Waals surface area contributed by atoms with E-state index in [2.05, 4.69) is 5.32 Å². The van der Waals surface area contributed by atoms with Gasteiger partial charge in [-0.15, -0.1) is 0 Å². The van der Waals surface area contributed by atoms with Crippen LogP contribution in [0.5, 0.6) is 0 Å². The molecular weight excluding hydrogens is 414 g/mol. The molecule has 32 heavy (non-hydrogen) atoms. The first-order valence-electron chi connectivity index (χ1n) is 11.4. The molecule has 9 heteroatoms. The molecule has 1 aromatic rings. The van der Waals surface area contributed by atoms with E-state index in [-0.39, 0.29) is 36.5 Å². The van der Waals surface area contributed by atoms with Crippen LogP contribution in [0.2, 0.25) is 0 Å². The van der Waals surface area contributed by atoms with Crippen LogP contribution in [0.4, 0.5) is 4.79 Å². The van der Waals surface area contributed by atoms with Crippen molar-refractivity contribution in [3.63, 3.8) is 0 Å². The lowest BCUT2D eigenvalue weighted by Gasteiger charge is -2.34. The number of nitrogens with zero attached hydrogens (tertiary/aromatic N) is 2. The molecule has 3 rings (SSSR count). The maximum atomic E-state index is 12.3. The van der Waals surface area contributed by atoms with Crippen molar-refractivity contribution in [1.29, 1.82) is 0 Å². The van der Waals surface area contributed by atoms with Gasteiger partial charge in [0.1, 0.15) is 12.2 Å². The number of ether oxygens (including phenoxy) is 2. The van der Waals surface area contributed by atoms with Gasteiger partial charge < -0.3 is 29.0 Å². The predicted molar refractivity (Wildman–Crippen MR) is 117 cm³/mol. The Morgan fingerprint density at radius 2 is 1.88 bits per heavy atom. The second-order valence-electron chi connectivity index (χ2n) is 9.56. The third-order valence-corrected chi connectivity index (χ3v) is 5.64. The summed E-state index contributed by atoms with van der Waals surface area (Å²) >= 11 is 0. The minimum Gasteiger partial charge on any atom is -0.459 e. The highest BCUT2D eigenvalue weighted by molar-refractivity contribution is 5.91. The Morgan fingerprint density at radius 3 is 2.53 bits per heavy atom. The van der Waals surface area contributed by atoms with Gasteiger partial charge in [0.2, 0.25) is 5.91 Å². The number of furan rings is 1. The predicted octanol–water partition coefficient (Wildman–Crippen LogP) is 2.66. The number of likely N-dealkylation sites (tertiary alicyclic amines) is 2. The molecule has 1 N–H and O–H groups in total. The summed E-state index contributed by atoms with van der Waals surface area (Å²) in [4.78, 5) is 40.3. The first kappa shape index (κ1) is 24.1. The number of nitrogens with one attached hydrogen (secondary N) is 1. The van der Waals surface area contributed by atoms with Gasteiger partial charge in [0, 0.05) is 38.1 Å². The minimum absolute atomic E-state index is 0.00548. The van der Waals surface area contributed by atoms with E-state index in [0.717, 1.165) is 12.8 Å². The first-order valence-corrected chi connectivity index (χ1v) is 11.4. The molecule has 0 unspecified atom stereocenters. The highest BCUT2D eigenvalue weighted by atomic mass is 16.6. The van der Waals surface area contributed by atoms with Crippen LogP contribution < -0.4 is 5.32 Å². The van der Waals surface area contributed by atoms with Gasteiger partial charge in [-0.2, -0.15) is 0 Å². The van der Waals surface area contributed by atoms with Crippen LogP contribution in [0, 0.1) is 5.92 Å². The molecule has 2 aliphatic rings. The average molecular weight is 450 g/mol. The lowest BCUT2D eigenvalue weighted by Crippen LogP contribution is -2.47. The van der Waals surface area contributed by atoms with Crippen LogP contribution in [0.15, 0.2) is 22.8 Å². The number of amides is 3. The summed E-state index contributed by atoms with van der Waals surface area (Å²) in [5.41, 5.74) is -0.513. The fourth-order valence-corrected chi connectivity index (χ4v) is 4.06. The van der Waals surface area contributed by atoms with Crippen molar-refractivity contribution in [1.82, 2.24) is 15.1 Å². The largest absolute Gasteiger partial charge is 0.459 e. The van der Waals surface area contributed by atoms with Gasteiger partial charge in [-0.05, 0) is 58.6 Å². The van der Waals surface area contributed by atoms with Crippen molar-refractivity contribution in [2.75, 3.05) is 39.4 Å². The van der Waals surface area contributed by atoms with E-state index >= 15 is 0 Å². The monoisotopic (exact) mass is 449 g/mol. The Hall–Kier alpha value is -2.55. The summed E-state index contributed by atoms with van der Waals surface area (Å²) in [6.45, 7) is 8.42. The molecule has 1 atom stereocenters. The smallest absolute Gasteiger partial charge is 0.410 e. The van der Waals surface area contributed by atoms with Crippen LogP contribution in [-0.2, 0) is 14.3 Å². The number of piperidine rings is 2. The quantitative estimate of drug-likeness (QED) is 0.717. The van der Waals surface area contributed by atoms with E-state index < -0.39 is 5.60 Å². The molecule has 0 aromatic carbocycles. The van der Waals surface area contributed by atoms with Crippen LogP contribution in [0.1, 0.15) is 57.0 Å². The maximum Gasteiger partial charge on any atom is 0.410 e. The maximum absolute atomic E-state index is 12.3. The fourth-order valence-electron chi connectivity index (χ4n) is 4.06. The Bertz CT molecular complexity index is 765. The van der Waals surface area contributed by atoms with Gasteiger partial charge in [0.15, 0.2) is 5.76 Å². The minimum atomic E-state index is -0.513. The summed E-state index contributed by atoms with van der Waals surface area (Å²) in [6.07, 6.45) is 4.45. The molecule has 2 saturated heterocycles. The topological polar surface area (TPSA) is 101 Å². The summed E-state index contributed by atoms with van der Waals surface area (Å²) < 4.78 is 16.3. The third-order valence-electron chi connectivity index (χ3n) is 5.64. The van der Waals surface area contributed by atoms with Crippen LogP contribution in [0.25, 0.3) is 0 Å². The number of carbonyl (C=O) groups excluding carboxylic acids is 3. The fraction of sp³-hybridized carbons (Fsp3) is 0.696. The number of carbonyl (C=O) groups is 3. The molecule has 0 radical (unpaired) electrons. The molecule has 0 aliphatic carbocycles. The normalized spacial score (nSPS) is 20.2. The van der Waals surface area contributed by atoms with Gasteiger partial charge in [-0.1, -0.05) is 0 Å². The first-order chi connectivity index (χ1) is 15.2. The molecule has 0 bridgehead atoms. The number of hydrogen-bond acceptors (Lipinski definition) is 6. The molecule has 3 heterocycles. The second kappa shape index (κ2) is 10.8. The van der Waals surface area contributed by atoms with Crippen LogP contribution in [0.3, 0.4) is 0 Å². The molecule has 2 fully saturated rings. The van der Waals surface area contributed by atoms with Crippen molar-refractivity contribution in [3.05, 3.63) is 24.2 Å². The lowest BCUT2D eigenvalue weighted by molar-refractivity contribution is -0.127. The van der Waals surface area contributed by atoms with Gasteiger partial charge in [0.05, 0.1) is 12.9 Å². The summed E-state index contributed by atoms with van der Waals surface area (Å²) in [6, 6.07) is 3.39. The Kier molecular flexibility index (Phi) is 8.17. The van der Waals surface area contributed by atoms with E-state index in [1.54, 1.807) is 21.9 Å².